The number of carbonyl (C=O) groups excluding carboxylic acids is 1. The molecule has 1 N–H and O–H groups in total. The van der Waals surface area contributed by atoms with Crippen LogP contribution in [0.25, 0.3) is 6.08 Å². The molecule has 0 bridgehead atoms. The van der Waals surface area contributed by atoms with Crippen LogP contribution in [0.5, 0.6) is 0 Å². The molecule has 0 atom stereocenters. The van der Waals surface area contributed by atoms with Crippen molar-refractivity contribution in [1.29, 1.82) is 0 Å². The zero-order chi connectivity index (χ0) is 15.6. The van der Waals surface area contributed by atoms with E-state index in [0.717, 1.165) is 12.1 Å². The molecule has 0 aliphatic rings. The predicted octanol–water partition coefficient (Wildman–Crippen LogP) is 2.65. The normalized spacial score (nSPS) is 11.8. The van der Waals surface area contributed by atoms with Gasteiger partial charge in [0.25, 0.3) is 0 Å². The minimum atomic E-state index is -0.352. The third-order valence-corrected chi connectivity index (χ3v) is 2.59. The molecule has 0 spiro atoms. The summed E-state index contributed by atoms with van der Waals surface area (Å²) < 4.78 is 10.4. The second-order valence-corrected chi connectivity index (χ2v) is 5.70. The van der Waals surface area contributed by atoms with E-state index in [0.29, 0.717) is 13.2 Å². The number of esters is 1. The third kappa shape index (κ3) is 9.82. The molecule has 0 aromatic heterocycles. The summed E-state index contributed by atoms with van der Waals surface area (Å²) in [4.78, 5) is 11.5. The van der Waals surface area contributed by atoms with Crippen molar-refractivity contribution in [3.05, 3.63) is 42.0 Å². The van der Waals surface area contributed by atoms with Crippen molar-refractivity contribution >= 4 is 12.0 Å². The molecule has 21 heavy (non-hydrogen) atoms. The molecule has 116 valence electrons. The van der Waals surface area contributed by atoms with Gasteiger partial charge in [0.1, 0.15) is 6.61 Å². The Hall–Kier alpha value is -1.65. The minimum absolute atomic E-state index is 0.0953. The molecule has 0 fully saturated rings. The predicted molar refractivity (Wildman–Crippen MR) is 85.0 cm³/mol. The summed E-state index contributed by atoms with van der Waals surface area (Å²) >= 11 is 0. The zero-order valence-electron chi connectivity index (χ0n) is 13.1. The Morgan fingerprint density at radius 3 is 2.52 bits per heavy atom. The lowest BCUT2D eigenvalue weighted by Gasteiger charge is -2.20. The number of nitrogens with one attached hydrogen (secondary N) is 1. The van der Waals surface area contributed by atoms with Crippen LogP contribution in [0.3, 0.4) is 0 Å². The zero-order valence-corrected chi connectivity index (χ0v) is 13.1. The molecule has 0 heterocycles. The van der Waals surface area contributed by atoms with Gasteiger partial charge in [-0.15, -0.1) is 0 Å². The first-order chi connectivity index (χ1) is 9.97. The topological polar surface area (TPSA) is 47.6 Å². The van der Waals surface area contributed by atoms with Gasteiger partial charge in [0.15, 0.2) is 0 Å². The number of rotatable bonds is 8. The summed E-state index contributed by atoms with van der Waals surface area (Å²) in [6.07, 6.45) is 3.16. The van der Waals surface area contributed by atoms with Gasteiger partial charge in [-0.3, -0.25) is 0 Å². The molecule has 0 saturated heterocycles. The van der Waals surface area contributed by atoms with Gasteiger partial charge in [-0.25, -0.2) is 4.79 Å². The maximum Gasteiger partial charge on any atom is 0.330 e. The molecule has 0 unspecified atom stereocenters. The maximum atomic E-state index is 11.5. The van der Waals surface area contributed by atoms with Gasteiger partial charge in [0.2, 0.25) is 0 Å². The number of carbonyl (C=O) groups is 1. The van der Waals surface area contributed by atoms with Crippen LogP contribution in [0.1, 0.15) is 26.3 Å². The van der Waals surface area contributed by atoms with Crippen molar-refractivity contribution in [2.45, 2.75) is 26.3 Å². The van der Waals surface area contributed by atoms with Crippen LogP contribution in [-0.2, 0) is 14.3 Å². The molecule has 0 amide bonds. The van der Waals surface area contributed by atoms with E-state index in [-0.39, 0.29) is 18.1 Å². The molecule has 1 rings (SSSR count). The van der Waals surface area contributed by atoms with Gasteiger partial charge < -0.3 is 14.8 Å². The molecule has 1 aromatic rings. The molecule has 4 nitrogen and oxygen atoms in total. The summed E-state index contributed by atoms with van der Waals surface area (Å²) in [5.74, 6) is -0.352. The van der Waals surface area contributed by atoms with E-state index >= 15 is 0 Å². The van der Waals surface area contributed by atoms with Crippen molar-refractivity contribution < 1.29 is 14.3 Å². The molecule has 0 saturated carbocycles. The van der Waals surface area contributed by atoms with Crippen molar-refractivity contribution in [3.63, 3.8) is 0 Å². The van der Waals surface area contributed by atoms with Crippen LogP contribution < -0.4 is 5.32 Å². The summed E-state index contributed by atoms with van der Waals surface area (Å²) in [5, 5.41) is 3.32. The summed E-state index contributed by atoms with van der Waals surface area (Å²) in [6.45, 7) is 8.39. The van der Waals surface area contributed by atoms with Crippen molar-refractivity contribution in [2.24, 2.45) is 0 Å². The second kappa shape index (κ2) is 9.32. The van der Waals surface area contributed by atoms with Crippen molar-refractivity contribution in [3.8, 4) is 0 Å². The molecule has 4 heteroatoms. The van der Waals surface area contributed by atoms with Crippen molar-refractivity contribution in [1.82, 2.24) is 5.32 Å². The van der Waals surface area contributed by atoms with Crippen LogP contribution >= 0.6 is 0 Å². The van der Waals surface area contributed by atoms with E-state index in [9.17, 15) is 4.79 Å². The fourth-order valence-corrected chi connectivity index (χ4v) is 1.58. The number of hydrogen-bond acceptors (Lipinski definition) is 4. The molecular formula is C17H25NO3. The lowest BCUT2D eigenvalue weighted by molar-refractivity contribution is -0.139. The Morgan fingerprint density at radius 2 is 1.86 bits per heavy atom. The monoisotopic (exact) mass is 291 g/mol. The number of hydrogen-bond donors (Lipinski definition) is 1. The van der Waals surface area contributed by atoms with Crippen molar-refractivity contribution in [2.75, 3.05) is 26.4 Å². The third-order valence-electron chi connectivity index (χ3n) is 2.59. The first-order valence-electron chi connectivity index (χ1n) is 7.20. The number of benzene rings is 1. The summed E-state index contributed by atoms with van der Waals surface area (Å²) in [6, 6.07) is 9.63. The van der Waals surface area contributed by atoms with Crippen LogP contribution in [0.4, 0.5) is 0 Å². The molecule has 0 aliphatic carbocycles. The number of ether oxygens (including phenoxy) is 2. The van der Waals surface area contributed by atoms with Crippen LogP contribution in [0, 0.1) is 0 Å². The summed E-state index contributed by atoms with van der Waals surface area (Å²) in [5.41, 5.74) is 1.07. The van der Waals surface area contributed by atoms with Gasteiger partial charge >= 0.3 is 5.97 Å². The molecule has 0 aliphatic heterocycles. The van der Waals surface area contributed by atoms with E-state index in [2.05, 4.69) is 26.1 Å². The van der Waals surface area contributed by atoms with Gasteiger partial charge in [0, 0.05) is 18.2 Å². The first kappa shape index (κ1) is 17.4. The fraction of sp³-hybridized carbons (Fsp3) is 0.471. The van der Waals surface area contributed by atoms with Crippen LogP contribution in [0.2, 0.25) is 0 Å². The van der Waals surface area contributed by atoms with Gasteiger partial charge in [0.05, 0.1) is 13.2 Å². The second-order valence-electron chi connectivity index (χ2n) is 5.70. The van der Waals surface area contributed by atoms with Crippen LogP contribution in [-0.4, -0.2) is 37.9 Å². The SMILES string of the molecule is CC(C)(C)NCCOCCOC(=O)/C=C/c1ccccc1. The smallest absolute Gasteiger partial charge is 0.330 e. The lowest BCUT2D eigenvalue weighted by atomic mass is 10.1. The standard InChI is InChI=1S/C17H25NO3/c1-17(2,3)18-11-12-20-13-14-21-16(19)10-9-15-7-5-4-6-8-15/h4-10,18H,11-14H2,1-3H3/b10-9+. The quantitative estimate of drug-likeness (QED) is 0.454. The Morgan fingerprint density at radius 1 is 1.14 bits per heavy atom. The van der Waals surface area contributed by atoms with E-state index in [1.165, 1.54) is 6.08 Å². The Balaban J connectivity index is 2.05. The van der Waals surface area contributed by atoms with Crippen LogP contribution in [0.15, 0.2) is 36.4 Å². The highest BCUT2D eigenvalue weighted by Crippen LogP contribution is 2.01. The largest absolute Gasteiger partial charge is 0.460 e. The highest BCUT2D eigenvalue weighted by molar-refractivity contribution is 5.86. The fourth-order valence-electron chi connectivity index (χ4n) is 1.58. The summed E-state index contributed by atoms with van der Waals surface area (Å²) in [7, 11) is 0. The van der Waals surface area contributed by atoms with Gasteiger partial charge in [-0.2, -0.15) is 0 Å². The van der Waals surface area contributed by atoms with Gasteiger partial charge in [-0.1, -0.05) is 30.3 Å². The van der Waals surface area contributed by atoms with Gasteiger partial charge in [-0.05, 0) is 32.4 Å². The Bertz CT molecular complexity index is 435. The Kier molecular flexibility index (Phi) is 7.72. The van der Waals surface area contributed by atoms with E-state index in [1.807, 2.05) is 30.3 Å². The molecule has 0 radical (unpaired) electrons. The van der Waals surface area contributed by atoms with E-state index < -0.39 is 0 Å². The average molecular weight is 291 g/mol. The highest BCUT2D eigenvalue weighted by atomic mass is 16.6. The lowest BCUT2D eigenvalue weighted by Crippen LogP contribution is -2.38. The molecular weight excluding hydrogens is 266 g/mol. The highest BCUT2D eigenvalue weighted by Gasteiger charge is 2.07. The molecule has 1 aromatic carbocycles. The Labute approximate surface area is 127 Å². The van der Waals surface area contributed by atoms with E-state index in [4.69, 9.17) is 9.47 Å². The minimum Gasteiger partial charge on any atom is -0.460 e. The average Bonchev–Trinajstić information content (AvgIpc) is 2.44. The maximum absolute atomic E-state index is 11.5. The van der Waals surface area contributed by atoms with E-state index in [1.54, 1.807) is 6.08 Å². The first-order valence-corrected chi connectivity index (χ1v) is 7.20.